The summed E-state index contributed by atoms with van der Waals surface area (Å²) in [5.74, 6) is 0.324. The molecular weight excluding hydrogens is 394 g/mol. The molecule has 0 unspecified atom stereocenters. The van der Waals surface area contributed by atoms with E-state index in [-0.39, 0.29) is 23.1 Å². The van der Waals surface area contributed by atoms with Crippen molar-refractivity contribution in [3.05, 3.63) is 69.5 Å². The fourth-order valence-corrected chi connectivity index (χ4v) is 3.84. The first-order valence-electron chi connectivity index (χ1n) is 9.08. The van der Waals surface area contributed by atoms with Gasteiger partial charge in [-0.25, -0.2) is 4.98 Å². The Balaban J connectivity index is 1.74. The van der Waals surface area contributed by atoms with Crippen LogP contribution in [0.4, 0.5) is 0 Å². The van der Waals surface area contributed by atoms with Gasteiger partial charge in [-0.15, -0.1) is 0 Å². The van der Waals surface area contributed by atoms with Gasteiger partial charge in [0, 0.05) is 18.1 Å². The number of halogens is 1. The number of hydrogen-bond donors (Lipinski definition) is 1. The molecule has 0 radical (unpaired) electrons. The largest absolute Gasteiger partial charge is 0.351 e. The van der Waals surface area contributed by atoms with Gasteiger partial charge in [0.1, 0.15) is 0 Å². The Bertz CT molecular complexity index is 1050. The maximum atomic E-state index is 12.9. The standard InChI is InChI=1S/C21H22ClN3O2S/c1-14(2)12-25-20(27)16-8-4-6-10-18(16)24-21(25)28-13-19(26)23-11-15-7-3-5-9-17(15)22/h3-10,14H,11-13H2,1-2H3,(H,23,26). The van der Waals surface area contributed by atoms with Crippen LogP contribution in [0.2, 0.25) is 5.02 Å². The van der Waals surface area contributed by atoms with E-state index >= 15 is 0 Å². The average Bonchev–Trinajstić information content (AvgIpc) is 2.68. The Morgan fingerprint density at radius 3 is 2.64 bits per heavy atom. The van der Waals surface area contributed by atoms with Crippen molar-refractivity contribution in [2.75, 3.05) is 5.75 Å². The molecule has 0 aliphatic heterocycles. The lowest BCUT2D eigenvalue weighted by atomic mass is 10.2. The zero-order chi connectivity index (χ0) is 20.1. The molecule has 1 N–H and O–H groups in total. The molecule has 28 heavy (non-hydrogen) atoms. The number of fused-ring (bicyclic) bond motifs is 1. The van der Waals surface area contributed by atoms with E-state index in [2.05, 4.69) is 10.3 Å². The second-order valence-electron chi connectivity index (χ2n) is 6.88. The van der Waals surface area contributed by atoms with Crippen LogP contribution in [0.15, 0.2) is 58.5 Å². The van der Waals surface area contributed by atoms with E-state index in [1.54, 1.807) is 16.7 Å². The van der Waals surface area contributed by atoms with Gasteiger partial charge in [0.2, 0.25) is 5.91 Å². The predicted octanol–water partition coefficient (Wildman–Crippen LogP) is 4.11. The van der Waals surface area contributed by atoms with Crippen molar-refractivity contribution in [3.63, 3.8) is 0 Å². The van der Waals surface area contributed by atoms with Crippen molar-refractivity contribution < 1.29 is 4.79 Å². The predicted molar refractivity (Wildman–Crippen MR) is 115 cm³/mol. The Hall–Kier alpha value is -2.31. The zero-order valence-electron chi connectivity index (χ0n) is 15.8. The van der Waals surface area contributed by atoms with Gasteiger partial charge < -0.3 is 5.32 Å². The number of aromatic nitrogens is 2. The first-order chi connectivity index (χ1) is 13.5. The fourth-order valence-electron chi connectivity index (χ4n) is 2.80. The number of nitrogens with one attached hydrogen (secondary N) is 1. The maximum absolute atomic E-state index is 12.9. The van der Waals surface area contributed by atoms with E-state index in [9.17, 15) is 9.59 Å². The Labute approximate surface area is 173 Å². The van der Waals surface area contributed by atoms with Crippen LogP contribution in [0, 0.1) is 5.92 Å². The van der Waals surface area contributed by atoms with Gasteiger partial charge in [0.05, 0.1) is 16.7 Å². The van der Waals surface area contributed by atoms with Crippen LogP contribution in [0.3, 0.4) is 0 Å². The third kappa shape index (κ3) is 4.94. The van der Waals surface area contributed by atoms with Gasteiger partial charge in [0.15, 0.2) is 5.16 Å². The van der Waals surface area contributed by atoms with Crippen LogP contribution < -0.4 is 10.9 Å². The molecule has 0 fully saturated rings. The SMILES string of the molecule is CC(C)Cn1c(SCC(=O)NCc2ccccc2Cl)nc2ccccc2c1=O. The number of benzene rings is 2. The van der Waals surface area contributed by atoms with E-state index in [0.29, 0.717) is 34.2 Å². The smallest absolute Gasteiger partial charge is 0.262 e. The van der Waals surface area contributed by atoms with Crippen LogP contribution >= 0.6 is 23.4 Å². The average molecular weight is 416 g/mol. The summed E-state index contributed by atoms with van der Waals surface area (Å²) in [6, 6.07) is 14.7. The van der Waals surface area contributed by atoms with Crippen molar-refractivity contribution in [2.45, 2.75) is 32.1 Å². The number of carbonyl (C=O) groups is 1. The summed E-state index contributed by atoms with van der Waals surface area (Å²) in [4.78, 5) is 29.8. The summed E-state index contributed by atoms with van der Waals surface area (Å²) in [5, 5.41) is 4.64. The van der Waals surface area contributed by atoms with Crippen molar-refractivity contribution in [3.8, 4) is 0 Å². The lowest BCUT2D eigenvalue weighted by molar-refractivity contribution is -0.118. The van der Waals surface area contributed by atoms with E-state index in [1.807, 2.05) is 50.2 Å². The quantitative estimate of drug-likeness (QED) is 0.465. The van der Waals surface area contributed by atoms with Crippen LogP contribution in [-0.2, 0) is 17.9 Å². The molecule has 0 atom stereocenters. The lowest BCUT2D eigenvalue weighted by Gasteiger charge is -2.15. The number of thioether (sulfide) groups is 1. The monoisotopic (exact) mass is 415 g/mol. The Morgan fingerprint density at radius 2 is 1.89 bits per heavy atom. The first-order valence-corrected chi connectivity index (χ1v) is 10.4. The van der Waals surface area contributed by atoms with Gasteiger partial charge in [-0.05, 0) is 29.7 Å². The zero-order valence-corrected chi connectivity index (χ0v) is 17.4. The molecule has 1 amide bonds. The highest BCUT2D eigenvalue weighted by molar-refractivity contribution is 7.99. The van der Waals surface area contributed by atoms with Gasteiger partial charge in [-0.2, -0.15) is 0 Å². The summed E-state index contributed by atoms with van der Waals surface area (Å²) in [5.41, 5.74) is 1.44. The van der Waals surface area contributed by atoms with E-state index in [0.717, 1.165) is 5.56 Å². The molecule has 0 spiro atoms. The number of nitrogens with zero attached hydrogens (tertiary/aromatic N) is 2. The Morgan fingerprint density at radius 1 is 1.18 bits per heavy atom. The minimum Gasteiger partial charge on any atom is -0.351 e. The van der Waals surface area contributed by atoms with Gasteiger partial charge in [-0.3, -0.25) is 14.2 Å². The summed E-state index contributed by atoms with van der Waals surface area (Å²) in [7, 11) is 0. The van der Waals surface area contributed by atoms with Gasteiger partial charge >= 0.3 is 0 Å². The first kappa shape index (κ1) is 20.4. The number of hydrogen-bond acceptors (Lipinski definition) is 4. The summed E-state index contributed by atoms with van der Waals surface area (Å²) >= 11 is 7.39. The molecule has 0 saturated heterocycles. The van der Waals surface area contributed by atoms with E-state index in [4.69, 9.17) is 11.6 Å². The van der Waals surface area contributed by atoms with Crippen LogP contribution in [0.1, 0.15) is 19.4 Å². The highest BCUT2D eigenvalue weighted by atomic mass is 35.5. The molecule has 0 saturated carbocycles. The van der Waals surface area contributed by atoms with E-state index < -0.39 is 0 Å². The molecule has 0 aliphatic rings. The second kappa shape index (κ2) is 9.26. The molecule has 1 aromatic heterocycles. The van der Waals surface area contributed by atoms with Crippen LogP contribution in [-0.4, -0.2) is 21.2 Å². The molecule has 7 heteroatoms. The molecule has 0 bridgehead atoms. The molecule has 1 heterocycles. The normalized spacial score (nSPS) is 11.1. The third-order valence-electron chi connectivity index (χ3n) is 4.14. The van der Waals surface area contributed by atoms with Gasteiger partial charge in [-0.1, -0.05) is 67.5 Å². The van der Waals surface area contributed by atoms with Crippen molar-refractivity contribution in [2.24, 2.45) is 5.92 Å². The number of amides is 1. The fraction of sp³-hybridized carbons (Fsp3) is 0.286. The molecule has 2 aromatic carbocycles. The van der Waals surface area contributed by atoms with E-state index in [1.165, 1.54) is 11.8 Å². The second-order valence-corrected chi connectivity index (χ2v) is 8.23. The highest BCUT2D eigenvalue weighted by Gasteiger charge is 2.14. The lowest BCUT2D eigenvalue weighted by Crippen LogP contribution is -2.27. The Kier molecular flexibility index (Phi) is 6.75. The third-order valence-corrected chi connectivity index (χ3v) is 5.49. The minimum absolute atomic E-state index is 0.0710. The molecule has 146 valence electrons. The summed E-state index contributed by atoms with van der Waals surface area (Å²) in [6.45, 7) is 5.02. The highest BCUT2D eigenvalue weighted by Crippen LogP contribution is 2.19. The summed E-state index contributed by atoms with van der Waals surface area (Å²) in [6.07, 6.45) is 0. The molecule has 3 aromatic rings. The number of rotatable bonds is 7. The van der Waals surface area contributed by atoms with Crippen molar-refractivity contribution in [1.29, 1.82) is 0 Å². The topological polar surface area (TPSA) is 64.0 Å². The maximum Gasteiger partial charge on any atom is 0.262 e. The number of para-hydroxylation sites is 1. The van der Waals surface area contributed by atoms with Crippen molar-refractivity contribution in [1.82, 2.24) is 14.9 Å². The minimum atomic E-state index is -0.136. The van der Waals surface area contributed by atoms with Crippen LogP contribution in [0.5, 0.6) is 0 Å². The van der Waals surface area contributed by atoms with Gasteiger partial charge in [0.25, 0.3) is 5.56 Å². The van der Waals surface area contributed by atoms with Crippen molar-refractivity contribution >= 4 is 40.2 Å². The summed E-state index contributed by atoms with van der Waals surface area (Å²) < 4.78 is 1.67. The number of carbonyl (C=O) groups excluding carboxylic acids is 1. The van der Waals surface area contributed by atoms with Crippen LogP contribution in [0.25, 0.3) is 10.9 Å². The molecule has 0 aliphatic carbocycles. The molecule has 5 nitrogen and oxygen atoms in total. The molecule has 3 rings (SSSR count). The molecular formula is C21H22ClN3O2S.